The average molecular weight is 186 g/mol. The van der Waals surface area contributed by atoms with Crippen molar-refractivity contribution in [3.8, 4) is 12.1 Å². The summed E-state index contributed by atoms with van der Waals surface area (Å²) in [6.45, 7) is 0. The Bertz CT molecular complexity index is 349. The zero-order valence-corrected chi connectivity index (χ0v) is 7.81. The Morgan fingerprint density at radius 3 is 2.71 bits per heavy atom. The molecule has 0 unspecified atom stereocenters. The minimum absolute atomic E-state index is 0.00306. The van der Waals surface area contributed by atoms with Gasteiger partial charge in [-0.25, -0.2) is 0 Å². The molecule has 0 saturated heterocycles. The van der Waals surface area contributed by atoms with Crippen LogP contribution in [-0.4, -0.2) is 18.1 Å². The Kier molecular flexibility index (Phi) is 3.34. The highest BCUT2D eigenvalue weighted by Crippen LogP contribution is 2.02. The maximum atomic E-state index is 8.50. The third-order valence-corrected chi connectivity index (χ3v) is 1.80. The van der Waals surface area contributed by atoms with Crippen molar-refractivity contribution in [2.75, 3.05) is 7.05 Å². The predicted molar refractivity (Wildman–Crippen MR) is 52.3 cm³/mol. The van der Waals surface area contributed by atoms with Crippen molar-refractivity contribution < 1.29 is 0 Å². The summed E-state index contributed by atoms with van der Waals surface area (Å²) in [5.74, 6) is 0. The molecule has 0 radical (unpaired) electrons. The fourth-order valence-electron chi connectivity index (χ4n) is 1.01. The van der Waals surface area contributed by atoms with Gasteiger partial charge in [0, 0.05) is 19.4 Å². The quantitative estimate of drug-likeness (QED) is 0.649. The van der Waals surface area contributed by atoms with Gasteiger partial charge >= 0.3 is 0 Å². The third-order valence-electron chi connectivity index (χ3n) is 1.80. The normalized spacial score (nSPS) is 18.2. The maximum absolute atomic E-state index is 8.50. The molecule has 1 aliphatic heterocycles. The minimum Gasteiger partial charge on any atom is -0.366 e. The van der Waals surface area contributed by atoms with Gasteiger partial charge in [-0.05, 0) is 12.2 Å². The Labute approximate surface area is 83.0 Å². The van der Waals surface area contributed by atoms with E-state index in [2.05, 4.69) is 5.32 Å². The first-order chi connectivity index (χ1) is 6.77. The zero-order valence-electron chi connectivity index (χ0n) is 7.81. The average Bonchev–Trinajstić information content (AvgIpc) is 2.22. The van der Waals surface area contributed by atoms with E-state index in [1.165, 1.54) is 6.20 Å². The second kappa shape index (κ2) is 4.74. The van der Waals surface area contributed by atoms with Gasteiger partial charge in [0.25, 0.3) is 0 Å². The second-order valence-corrected chi connectivity index (χ2v) is 2.79. The van der Waals surface area contributed by atoms with Gasteiger partial charge in [0.05, 0.1) is 0 Å². The van der Waals surface area contributed by atoms with Crippen LogP contribution in [0.25, 0.3) is 0 Å². The van der Waals surface area contributed by atoms with Gasteiger partial charge in [-0.2, -0.15) is 10.5 Å². The Hall–Kier alpha value is -2.20. The van der Waals surface area contributed by atoms with Crippen molar-refractivity contribution >= 4 is 0 Å². The summed E-state index contributed by atoms with van der Waals surface area (Å²) < 4.78 is 0. The summed E-state index contributed by atoms with van der Waals surface area (Å²) in [6, 6.07) is 3.57. The van der Waals surface area contributed by atoms with Gasteiger partial charge in [0.15, 0.2) is 0 Å². The van der Waals surface area contributed by atoms with Crippen LogP contribution in [0.2, 0.25) is 0 Å². The molecule has 4 nitrogen and oxygen atoms in total. The van der Waals surface area contributed by atoms with Crippen LogP contribution >= 0.6 is 0 Å². The molecule has 0 saturated carbocycles. The lowest BCUT2D eigenvalue weighted by molar-refractivity contribution is 0.351. The third kappa shape index (κ3) is 2.40. The summed E-state index contributed by atoms with van der Waals surface area (Å²) >= 11 is 0. The fraction of sp³-hybridized carbons (Fsp3) is 0.200. The number of nitrogens with one attached hydrogen (secondary N) is 1. The number of nitriles is 2. The lowest BCUT2D eigenvalue weighted by Crippen LogP contribution is -2.37. The predicted octanol–water partition coefficient (Wildman–Crippen LogP) is 0.848. The minimum atomic E-state index is -0.00306. The molecule has 4 heteroatoms. The SMILES string of the molecule is CN1C=CC=C[C@@H]1NC=C(C#N)C#N. The Morgan fingerprint density at radius 1 is 1.43 bits per heavy atom. The maximum Gasteiger partial charge on any atom is 0.145 e. The number of nitrogens with zero attached hydrogens (tertiary/aromatic N) is 3. The Morgan fingerprint density at radius 2 is 2.14 bits per heavy atom. The second-order valence-electron chi connectivity index (χ2n) is 2.79. The number of hydrogen-bond acceptors (Lipinski definition) is 4. The summed E-state index contributed by atoms with van der Waals surface area (Å²) in [4.78, 5) is 1.93. The van der Waals surface area contributed by atoms with Gasteiger partial charge in [-0.3, -0.25) is 0 Å². The molecule has 1 atom stereocenters. The largest absolute Gasteiger partial charge is 0.366 e. The monoisotopic (exact) mass is 186 g/mol. The van der Waals surface area contributed by atoms with E-state index in [1.54, 1.807) is 12.1 Å². The molecule has 0 aromatic heterocycles. The standard InChI is InChI=1S/C10H10N4/c1-14-5-3-2-4-10(14)13-8-9(6-11)7-12/h2-5,8,10,13H,1H3/t10-/m1/s1. The topological polar surface area (TPSA) is 62.9 Å². The van der Waals surface area contributed by atoms with Crippen molar-refractivity contribution in [2.24, 2.45) is 0 Å². The lowest BCUT2D eigenvalue weighted by Gasteiger charge is -2.26. The highest BCUT2D eigenvalue weighted by molar-refractivity contribution is 5.34. The molecule has 1 N–H and O–H groups in total. The van der Waals surface area contributed by atoms with Gasteiger partial charge in [-0.15, -0.1) is 0 Å². The smallest absolute Gasteiger partial charge is 0.145 e. The van der Waals surface area contributed by atoms with E-state index in [9.17, 15) is 0 Å². The van der Waals surface area contributed by atoms with Crippen molar-refractivity contribution in [3.63, 3.8) is 0 Å². The molecule has 1 heterocycles. The van der Waals surface area contributed by atoms with Gasteiger partial charge in [-0.1, -0.05) is 6.08 Å². The molecular weight excluding hydrogens is 176 g/mol. The van der Waals surface area contributed by atoms with E-state index >= 15 is 0 Å². The first-order valence-corrected chi connectivity index (χ1v) is 4.11. The first-order valence-electron chi connectivity index (χ1n) is 4.11. The molecule has 0 aromatic carbocycles. The van der Waals surface area contributed by atoms with Crippen molar-refractivity contribution in [3.05, 3.63) is 36.2 Å². The number of rotatable bonds is 2. The number of hydrogen-bond donors (Lipinski definition) is 1. The van der Waals surface area contributed by atoms with Gasteiger partial charge in [0.2, 0.25) is 0 Å². The van der Waals surface area contributed by atoms with Crippen molar-refractivity contribution in [1.82, 2.24) is 10.2 Å². The van der Waals surface area contributed by atoms with Gasteiger partial charge in [0.1, 0.15) is 23.9 Å². The molecule has 14 heavy (non-hydrogen) atoms. The van der Waals surface area contributed by atoms with E-state index in [-0.39, 0.29) is 11.7 Å². The molecule has 0 bridgehead atoms. The summed E-state index contributed by atoms with van der Waals surface area (Å²) in [5, 5.41) is 19.9. The summed E-state index contributed by atoms with van der Waals surface area (Å²) in [5.41, 5.74) is 0.0707. The number of likely N-dealkylation sites (N-methyl/N-ethyl adjacent to an activating group) is 1. The zero-order chi connectivity index (χ0) is 10.4. The number of allylic oxidation sites excluding steroid dienone is 3. The van der Waals surface area contributed by atoms with Crippen LogP contribution in [0, 0.1) is 22.7 Å². The van der Waals surface area contributed by atoms with Crippen LogP contribution in [0.4, 0.5) is 0 Å². The highest BCUT2D eigenvalue weighted by atomic mass is 15.2. The van der Waals surface area contributed by atoms with Crippen LogP contribution in [0.15, 0.2) is 36.2 Å². The summed E-state index contributed by atoms with van der Waals surface area (Å²) in [7, 11) is 1.91. The highest BCUT2D eigenvalue weighted by Gasteiger charge is 2.07. The van der Waals surface area contributed by atoms with E-state index in [1.807, 2.05) is 36.4 Å². The molecule has 0 aromatic rings. The first kappa shape index (κ1) is 9.88. The molecule has 0 amide bonds. The fourth-order valence-corrected chi connectivity index (χ4v) is 1.01. The van der Waals surface area contributed by atoms with E-state index < -0.39 is 0 Å². The molecule has 0 aliphatic carbocycles. The molecule has 0 fully saturated rings. The molecule has 1 aliphatic rings. The van der Waals surface area contributed by atoms with Crippen molar-refractivity contribution in [2.45, 2.75) is 6.17 Å². The van der Waals surface area contributed by atoms with Crippen LogP contribution in [0.3, 0.4) is 0 Å². The van der Waals surface area contributed by atoms with Crippen LogP contribution in [0.5, 0.6) is 0 Å². The van der Waals surface area contributed by atoms with E-state index in [0.29, 0.717) is 0 Å². The van der Waals surface area contributed by atoms with E-state index in [4.69, 9.17) is 10.5 Å². The summed E-state index contributed by atoms with van der Waals surface area (Å²) in [6.07, 6.45) is 9.08. The molecule has 70 valence electrons. The lowest BCUT2D eigenvalue weighted by atomic mass is 10.3. The van der Waals surface area contributed by atoms with Gasteiger partial charge < -0.3 is 10.2 Å². The van der Waals surface area contributed by atoms with Crippen LogP contribution in [-0.2, 0) is 0 Å². The van der Waals surface area contributed by atoms with Crippen molar-refractivity contribution in [1.29, 1.82) is 10.5 Å². The molecule has 0 spiro atoms. The Balaban J connectivity index is 2.59. The van der Waals surface area contributed by atoms with E-state index in [0.717, 1.165) is 0 Å². The van der Waals surface area contributed by atoms with Crippen LogP contribution in [0.1, 0.15) is 0 Å². The molecule has 1 rings (SSSR count). The molecular formula is C10H10N4. The van der Waals surface area contributed by atoms with Crippen LogP contribution < -0.4 is 5.32 Å².